The summed E-state index contributed by atoms with van der Waals surface area (Å²) in [6, 6.07) is 21.8. The molecule has 0 N–H and O–H groups in total. The number of benzene rings is 2. The molecule has 6 rings (SSSR count). The van der Waals surface area contributed by atoms with Crippen LogP contribution in [0.4, 0.5) is 0 Å². The molecule has 0 spiro atoms. The Balaban J connectivity index is 1.40. The van der Waals surface area contributed by atoms with Crippen LogP contribution in [0.3, 0.4) is 0 Å². The van der Waals surface area contributed by atoms with Crippen molar-refractivity contribution in [2.24, 2.45) is 23.2 Å². The minimum absolute atomic E-state index is 0.166. The van der Waals surface area contributed by atoms with Gasteiger partial charge in [-0.05, 0) is 72.2 Å². The third kappa shape index (κ3) is 4.64. The van der Waals surface area contributed by atoms with E-state index in [4.69, 9.17) is 20.3 Å². The Morgan fingerprint density at radius 2 is 1.55 bits per heavy atom. The largest absolute Gasteiger partial charge is 0.489 e. The highest BCUT2D eigenvalue weighted by atomic mass is 28.4. The Kier molecular flexibility index (Phi) is 7.31. The predicted octanol–water partition coefficient (Wildman–Crippen LogP) is 6.56. The lowest BCUT2D eigenvalue weighted by molar-refractivity contribution is -0.199. The molecule has 2 aromatic carbocycles. The van der Waals surface area contributed by atoms with Crippen molar-refractivity contribution in [3.8, 4) is 0 Å². The number of hydrogen-bond donors (Lipinski definition) is 0. The van der Waals surface area contributed by atoms with Gasteiger partial charge in [-0.2, -0.15) is 0 Å². The van der Waals surface area contributed by atoms with Gasteiger partial charge in [-0.15, -0.1) is 6.58 Å². The summed E-state index contributed by atoms with van der Waals surface area (Å²) < 4.78 is 20.5. The second-order valence-electron chi connectivity index (χ2n) is 14.1. The first-order valence-electron chi connectivity index (χ1n) is 14.6. The van der Waals surface area contributed by atoms with E-state index in [1.54, 1.807) is 0 Å². The van der Waals surface area contributed by atoms with Gasteiger partial charge in [0.15, 0.2) is 0 Å². The first-order valence-corrected chi connectivity index (χ1v) is 20.5. The molecule has 3 nitrogen and oxygen atoms in total. The highest BCUT2D eigenvalue weighted by molar-refractivity contribution is 6.92. The molecule has 4 aliphatic rings. The summed E-state index contributed by atoms with van der Waals surface area (Å²) in [5.74, 6) is 1.59. The summed E-state index contributed by atoms with van der Waals surface area (Å²) in [5, 5.41) is 2.78. The molecule has 38 heavy (non-hydrogen) atoms. The van der Waals surface area contributed by atoms with E-state index in [9.17, 15) is 0 Å². The van der Waals surface area contributed by atoms with Crippen molar-refractivity contribution in [2.75, 3.05) is 6.61 Å². The van der Waals surface area contributed by atoms with Gasteiger partial charge in [0, 0.05) is 6.61 Å². The van der Waals surface area contributed by atoms with E-state index in [0.29, 0.717) is 23.9 Å². The van der Waals surface area contributed by atoms with Crippen molar-refractivity contribution in [2.45, 2.75) is 84.0 Å². The summed E-state index contributed by atoms with van der Waals surface area (Å²) in [4.78, 5) is 0. The fourth-order valence-electron chi connectivity index (χ4n) is 8.12. The van der Waals surface area contributed by atoms with Crippen LogP contribution in [0.2, 0.25) is 31.7 Å². The smallest absolute Gasteiger partial charge is 0.413 e. The Morgan fingerprint density at radius 3 is 2.13 bits per heavy atom. The molecule has 2 aromatic rings. The van der Waals surface area contributed by atoms with Gasteiger partial charge in [0.25, 0.3) is 0 Å². The van der Waals surface area contributed by atoms with Crippen LogP contribution in [0.1, 0.15) is 40.5 Å². The summed E-state index contributed by atoms with van der Waals surface area (Å²) in [6.07, 6.45) is 2.53. The van der Waals surface area contributed by atoms with Crippen LogP contribution in [-0.2, 0) is 13.7 Å². The van der Waals surface area contributed by atoms with Crippen LogP contribution < -0.4 is 10.4 Å². The molecule has 6 atom stereocenters. The summed E-state index contributed by atoms with van der Waals surface area (Å²) >= 11 is 0. The molecule has 4 fully saturated rings. The molecule has 1 aliphatic heterocycles. The second-order valence-corrected chi connectivity index (χ2v) is 22.6. The highest BCUT2D eigenvalue weighted by Gasteiger charge is 2.68. The zero-order chi connectivity index (χ0) is 27.5. The lowest BCUT2D eigenvalue weighted by Crippen LogP contribution is -2.65. The van der Waals surface area contributed by atoms with E-state index >= 15 is 0 Å². The normalized spacial score (nSPS) is 29.8. The van der Waals surface area contributed by atoms with E-state index < -0.39 is 16.4 Å². The van der Waals surface area contributed by atoms with Crippen molar-refractivity contribution < 1.29 is 13.7 Å². The molecule has 3 aliphatic carbocycles. The zero-order valence-corrected chi connectivity index (χ0v) is 26.8. The number of allylic oxidation sites excluding steroid dienone is 1. The Morgan fingerprint density at radius 1 is 0.974 bits per heavy atom. The van der Waals surface area contributed by atoms with Gasteiger partial charge in [-0.25, -0.2) is 0 Å². The standard InChI is InChI=1S/C32H47BO3Si2/c1-23(22-34-38(8,9)27-18-14-11-15-19-27)30(37(6,7)26-16-12-10-13-17-26)24(2)33-35-29-21-25-20-28(31(25,3)4)32(29,5)36-33/h10-19,23,25,28-30H,2,20-22H2,1,3-9H3/t23-,25-,28-,29+,30+,32-/m1/s1. The molecule has 3 saturated carbocycles. The number of rotatable bonds is 9. The van der Waals surface area contributed by atoms with Crippen molar-refractivity contribution >= 4 is 33.9 Å². The molecule has 0 amide bonds. The minimum atomic E-state index is -2.03. The predicted molar refractivity (Wildman–Crippen MR) is 165 cm³/mol. The van der Waals surface area contributed by atoms with Crippen LogP contribution in [-0.4, -0.2) is 41.8 Å². The van der Waals surface area contributed by atoms with E-state index in [2.05, 4.69) is 115 Å². The average Bonchev–Trinajstić information content (AvgIpc) is 3.26. The first kappa shape index (κ1) is 28.1. The molecule has 0 unspecified atom stereocenters. The van der Waals surface area contributed by atoms with E-state index in [1.165, 1.54) is 16.8 Å². The summed E-state index contributed by atoms with van der Waals surface area (Å²) in [5.41, 5.74) is 1.49. The second kappa shape index (κ2) is 9.88. The molecular formula is C32H47BO3Si2. The maximum absolute atomic E-state index is 6.95. The molecule has 204 valence electrons. The maximum Gasteiger partial charge on any atom is 0.489 e. The fourth-order valence-corrected chi connectivity index (χ4v) is 14.0. The zero-order valence-electron chi connectivity index (χ0n) is 24.8. The van der Waals surface area contributed by atoms with Crippen LogP contribution in [0, 0.1) is 23.2 Å². The third-order valence-electron chi connectivity index (χ3n) is 10.7. The van der Waals surface area contributed by atoms with Crippen molar-refractivity contribution in [3.05, 3.63) is 72.7 Å². The maximum atomic E-state index is 6.95. The topological polar surface area (TPSA) is 27.7 Å². The van der Waals surface area contributed by atoms with Gasteiger partial charge in [0.05, 0.1) is 19.8 Å². The van der Waals surface area contributed by atoms with E-state index in [0.717, 1.165) is 17.8 Å². The van der Waals surface area contributed by atoms with Gasteiger partial charge in [0.1, 0.15) is 0 Å². The minimum Gasteiger partial charge on any atom is -0.413 e. The average molecular weight is 547 g/mol. The SMILES string of the molecule is C=C(B1O[C@H]2C[C@H]3C[C@H](C3(C)C)[C@@]2(C)O1)[C@H]([C@H](C)CO[Si](C)(C)c1ccccc1)[Si](C)(C)c1ccccc1. The van der Waals surface area contributed by atoms with Crippen molar-refractivity contribution in [1.29, 1.82) is 0 Å². The van der Waals surface area contributed by atoms with Gasteiger partial charge in [-0.1, -0.05) is 99.7 Å². The quantitative estimate of drug-likeness (QED) is 0.334. The van der Waals surface area contributed by atoms with Gasteiger partial charge in [0.2, 0.25) is 8.32 Å². The highest BCUT2D eigenvalue weighted by Crippen LogP contribution is 2.66. The Bertz CT molecular complexity index is 1150. The van der Waals surface area contributed by atoms with Crippen LogP contribution >= 0.6 is 0 Å². The summed E-state index contributed by atoms with van der Waals surface area (Å²) in [7, 11) is -4.38. The van der Waals surface area contributed by atoms with Crippen molar-refractivity contribution in [3.63, 3.8) is 0 Å². The van der Waals surface area contributed by atoms with Crippen LogP contribution in [0.5, 0.6) is 0 Å². The van der Waals surface area contributed by atoms with Gasteiger partial charge in [-0.3, -0.25) is 0 Å². The third-order valence-corrected chi connectivity index (χ3v) is 17.6. The molecular weight excluding hydrogens is 499 g/mol. The monoisotopic (exact) mass is 546 g/mol. The fraction of sp³-hybridized carbons (Fsp3) is 0.562. The number of hydrogen-bond acceptors (Lipinski definition) is 3. The molecule has 0 aromatic heterocycles. The molecule has 1 heterocycles. The summed E-state index contributed by atoms with van der Waals surface area (Å²) in [6.45, 7) is 24.6. The lowest BCUT2D eigenvalue weighted by Gasteiger charge is -2.64. The Labute approximate surface area is 233 Å². The van der Waals surface area contributed by atoms with E-state index in [-0.39, 0.29) is 24.4 Å². The van der Waals surface area contributed by atoms with Gasteiger partial charge < -0.3 is 13.7 Å². The van der Waals surface area contributed by atoms with Crippen LogP contribution in [0.25, 0.3) is 0 Å². The molecule has 2 bridgehead atoms. The lowest BCUT2D eigenvalue weighted by atomic mass is 9.43. The van der Waals surface area contributed by atoms with Crippen LogP contribution in [0.15, 0.2) is 72.7 Å². The Hall–Kier alpha value is -1.44. The first-order chi connectivity index (χ1) is 17.8. The van der Waals surface area contributed by atoms with Gasteiger partial charge >= 0.3 is 7.12 Å². The van der Waals surface area contributed by atoms with E-state index in [1.807, 2.05) is 0 Å². The molecule has 1 saturated heterocycles. The molecule has 6 heteroatoms. The molecule has 0 radical (unpaired) electrons. The van der Waals surface area contributed by atoms with Crippen molar-refractivity contribution in [1.82, 2.24) is 0 Å².